The van der Waals surface area contributed by atoms with Crippen LogP contribution in [0.1, 0.15) is 93.7 Å². The molecule has 4 unspecified atom stereocenters. The Balaban J connectivity index is 2.85. The van der Waals surface area contributed by atoms with Crippen LogP contribution in [0.2, 0.25) is 0 Å². The molecule has 1 aromatic rings. The number of methoxy groups -OCH3 is 1. The normalized spacial score (nSPS) is 15.2. The standard InChI is InChI=1S/C43H87N9O8/c1-12-14-15-40-27-52(50-47-40)19-23-57-32-41(6,7)16-20-55-33-43(36-60-30-38(4)28-53-11,35-58-25-24-54-22-18-46-48-44)34-56-21-17-42(8,9)39(5)31-59-29-37(3)26-51(10)49-45-13-2/h27,37-39H,12-26,28-36H2,1-11H3,(H2,44,46). The highest BCUT2D eigenvalue weighted by Gasteiger charge is 2.34. The van der Waals surface area contributed by atoms with Crippen molar-refractivity contribution in [2.24, 2.45) is 60.5 Å². The van der Waals surface area contributed by atoms with Gasteiger partial charge in [0.15, 0.2) is 0 Å². The summed E-state index contributed by atoms with van der Waals surface area (Å²) >= 11 is 0. The average molecular weight is 858 g/mol. The van der Waals surface area contributed by atoms with Crippen LogP contribution < -0.4 is 5.84 Å². The molecule has 4 atom stereocenters. The maximum absolute atomic E-state index is 6.52. The number of hydrogen-bond acceptors (Lipinski definition) is 14. The SMILES string of the molecule is CCCCc1cn(CCOCC(C)(C)CCOCC(COCCOCCN=NN)(COCCC(C)(C)C(C)COCC(C)CN(C)N=NCC)COCC(C)COC)nn1. The van der Waals surface area contributed by atoms with Gasteiger partial charge in [0.05, 0.1) is 110 Å². The molecule has 1 heterocycles. The van der Waals surface area contributed by atoms with Crippen molar-refractivity contribution in [2.45, 2.75) is 101 Å². The van der Waals surface area contributed by atoms with Crippen molar-refractivity contribution in [1.29, 1.82) is 0 Å². The molecule has 0 amide bonds. The number of aryl methyl sites for hydroxylation is 1. The van der Waals surface area contributed by atoms with Gasteiger partial charge in [-0.05, 0) is 55.3 Å². The van der Waals surface area contributed by atoms with Crippen LogP contribution in [0.5, 0.6) is 0 Å². The van der Waals surface area contributed by atoms with E-state index in [1.165, 1.54) is 0 Å². The maximum Gasteiger partial charge on any atom is 0.0854 e. The monoisotopic (exact) mass is 858 g/mol. The Morgan fingerprint density at radius 1 is 0.750 bits per heavy atom. The van der Waals surface area contributed by atoms with Crippen LogP contribution in [0.25, 0.3) is 0 Å². The Bertz CT molecular complexity index is 1220. The van der Waals surface area contributed by atoms with Gasteiger partial charge in [-0.25, -0.2) is 4.68 Å². The first kappa shape index (κ1) is 55.6. The molecule has 1 rings (SSSR count). The summed E-state index contributed by atoms with van der Waals surface area (Å²) in [5, 5.41) is 25.7. The third-order valence-electron chi connectivity index (χ3n) is 10.5. The van der Waals surface area contributed by atoms with Crippen molar-refractivity contribution in [2.75, 3.05) is 133 Å². The van der Waals surface area contributed by atoms with Crippen molar-refractivity contribution < 1.29 is 37.9 Å². The predicted molar refractivity (Wildman–Crippen MR) is 235 cm³/mol. The molecule has 1 aromatic heterocycles. The van der Waals surface area contributed by atoms with Gasteiger partial charge in [-0.2, -0.15) is 10.2 Å². The van der Waals surface area contributed by atoms with E-state index in [0.29, 0.717) is 131 Å². The van der Waals surface area contributed by atoms with Gasteiger partial charge in [-0.1, -0.05) is 77.5 Å². The van der Waals surface area contributed by atoms with Crippen LogP contribution in [0.4, 0.5) is 0 Å². The van der Waals surface area contributed by atoms with Crippen molar-refractivity contribution in [3.8, 4) is 0 Å². The lowest BCUT2D eigenvalue weighted by Crippen LogP contribution is -2.43. The Morgan fingerprint density at radius 2 is 1.40 bits per heavy atom. The summed E-state index contributed by atoms with van der Waals surface area (Å²) in [5.41, 5.74) is 0.400. The zero-order valence-corrected chi connectivity index (χ0v) is 39.7. The number of rotatable bonds is 41. The number of aromatic nitrogens is 3. The molecule has 0 radical (unpaired) electrons. The highest BCUT2D eigenvalue weighted by Crippen LogP contribution is 2.32. The van der Waals surface area contributed by atoms with E-state index in [1.54, 1.807) is 7.11 Å². The summed E-state index contributed by atoms with van der Waals surface area (Å²) in [5.74, 6) is 6.01. The third kappa shape index (κ3) is 27.5. The molecule has 0 saturated carbocycles. The fraction of sp³-hybridized carbons (Fsp3) is 0.953. The van der Waals surface area contributed by atoms with Gasteiger partial charge in [-0.15, -0.1) is 5.10 Å². The lowest BCUT2D eigenvalue weighted by atomic mass is 9.78. The average Bonchev–Trinajstić information content (AvgIpc) is 3.66. The van der Waals surface area contributed by atoms with Crippen molar-refractivity contribution >= 4 is 0 Å². The van der Waals surface area contributed by atoms with Crippen LogP contribution in [-0.4, -0.2) is 153 Å². The molecule has 0 saturated heterocycles. The van der Waals surface area contributed by atoms with Crippen LogP contribution in [0.15, 0.2) is 26.9 Å². The Morgan fingerprint density at radius 3 is 2.08 bits per heavy atom. The van der Waals surface area contributed by atoms with Gasteiger partial charge in [0.25, 0.3) is 0 Å². The Kier molecular flexibility index (Phi) is 30.8. The van der Waals surface area contributed by atoms with Gasteiger partial charge >= 0.3 is 0 Å². The summed E-state index contributed by atoms with van der Waals surface area (Å²) < 4.78 is 50.8. The fourth-order valence-electron chi connectivity index (χ4n) is 6.12. The minimum absolute atomic E-state index is 0.00156. The van der Waals surface area contributed by atoms with Crippen LogP contribution in [0.3, 0.4) is 0 Å². The van der Waals surface area contributed by atoms with E-state index in [-0.39, 0.29) is 16.7 Å². The third-order valence-corrected chi connectivity index (χ3v) is 10.5. The first-order valence-electron chi connectivity index (χ1n) is 22.3. The molecule has 0 aliphatic carbocycles. The lowest BCUT2D eigenvalue weighted by Gasteiger charge is -2.35. The van der Waals surface area contributed by atoms with E-state index in [2.05, 4.69) is 86.4 Å². The van der Waals surface area contributed by atoms with E-state index in [4.69, 9.17) is 43.7 Å². The summed E-state index contributed by atoms with van der Waals surface area (Å²) in [4.78, 5) is 0. The second-order valence-electron chi connectivity index (χ2n) is 18.0. The summed E-state index contributed by atoms with van der Waals surface area (Å²) in [6, 6.07) is 0. The highest BCUT2D eigenvalue weighted by atomic mass is 16.5. The number of nitrogens with two attached hydrogens (primary N) is 1. The molecule has 17 heteroatoms. The van der Waals surface area contributed by atoms with E-state index in [0.717, 1.165) is 44.3 Å². The Labute approximate surface area is 363 Å². The second kappa shape index (κ2) is 33.2. The minimum atomic E-state index is -0.548. The van der Waals surface area contributed by atoms with Gasteiger partial charge in [-0.3, -0.25) is 5.01 Å². The van der Waals surface area contributed by atoms with Gasteiger partial charge in [0.2, 0.25) is 0 Å². The zero-order valence-electron chi connectivity index (χ0n) is 39.7. The largest absolute Gasteiger partial charge is 0.384 e. The predicted octanol–water partition coefficient (Wildman–Crippen LogP) is 6.76. The number of unbranched alkanes of at least 4 members (excludes halogenated alkanes) is 1. The number of nitrogens with zero attached hydrogens (tertiary/aromatic N) is 8. The van der Waals surface area contributed by atoms with E-state index in [1.807, 2.05) is 29.9 Å². The molecule has 0 aliphatic heterocycles. The first-order valence-corrected chi connectivity index (χ1v) is 22.3. The molecule has 0 spiro atoms. The van der Waals surface area contributed by atoms with Crippen molar-refractivity contribution in [1.82, 2.24) is 20.0 Å². The van der Waals surface area contributed by atoms with Gasteiger partial charge in [0, 0.05) is 52.6 Å². The van der Waals surface area contributed by atoms with Crippen LogP contribution in [-0.2, 0) is 50.9 Å². The molecular weight excluding hydrogens is 771 g/mol. The molecule has 2 N–H and O–H groups in total. The lowest BCUT2D eigenvalue weighted by molar-refractivity contribution is -0.119. The summed E-state index contributed by atoms with van der Waals surface area (Å²) in [6.07, 6.45) is 6.93. The molecule has 17 nitrogen and oxygen atoms in total. The number of ether oxygens (including phenoxy) is 8. The molecule has 60 heavy (non-hydrogen) atoms. The quantitative estimate of drug-likeness (QED) is 0.0317. The molecule has 0 aromatic carbocycles. The van der Waals surface area contributed by atoms with Crippen LogP contribution >= 0.6 is 0 Å². The first-order chi connectivity index (χ1) is 28.7. The smallest absolute Gasteiger partial charge is 0.0854 e. The van der Waals surface area contributed by atoms with Gasteiger partial charge < -0.3 is 43.7 Å². The van der Waals surface area contributed by atoms with Crippen molar-refractivity contribution in [3.05, 3.63) is 11.9 Å². The zero-order chi connectivity index (χ0) is 44.5. The van der Waals surface area contributed by atoms with Crippen LogP contribution in [0, 0.1) is 34.0 Å². The van der Waals surface area contributed by atoms with Gasteiger partial charge in [0.1, 0.15) is 0 Å². The molecular formula is C43H87N9O8. The molecule has 0 aliphatic rings. The Hall–Kier alpha value is -2.38. The van der Waals surface area contributed by atoms with E-state index < -0.39 is 5.41 Å². The van der Waals surface area contributed by atoms with E-state index >= 15 is 0 Å². The minimum Gasteiger partial charge on any atom is -0.384 e. The number of hydrogen-bond donors (Lipinski definition) is 1. The molecule has 0 bridgehead atoms. The highest BCUT2D eigenvalue weighted by molar-refractivity contribution is 4.92. The van der Waals surface area contributed by atoms with Crippen molar-refractivity contribution in [3.63, 3.8) is 0 Å². The fourth-order valence-corrected chi connectivity index (χ4v) is 6.12. The second-order valence-corrected chi connectivity index (χ2v) is 18.0. The summed E-state index contributed by atoms with van der Waals surface area (Å²) in [6.45, 7) is 30.0. The topological polar surface area (TPSA) is 183 Å². The maximum atomic E-state index is 6.52. The molecule has 352 valence electrons. The van der Waals surface area contributed by atoms with E-state index in [9.17, 15) is 0 Å². The summed E-state index contributed by atoms with van der Waals surface area (Å²) in [7, 11) is 3.66. The molecule has 0 fully saturated rings.